The van der Waals surface area contributed by atoms with E-state index in [0.29, 0.717) is 6.04 Å². The average Bonchev–Trinajstić information content (AvgIpc) is 3.02. The molecule has 1 aliphatic rings. The molecule has 4 nitrogen and oxygen atoms in total. The van der Waals surface area contributed by atoms with Crippen LogP contribution in [0.15, 0.2) is 30.2 Å². The van der Waals surface area contributed by atoms with Crippen LogP contribution in [0.25, 0.3) is 5.69 Å². The zero-order valence-corrected chi connectivity index (χ0v) is 11.4. The highest BCUT2D eigenvalue weighted by atomic mass is 32.1. The number of nitrogens with zero attached hydrogens (tertiary/aromatic N) is 3. The van der Waals surface area contributed by atoms with Crippen LogP contribution >= 0.6 is 11.3 Å². The summed E-state index contributed by atoms with van der Waals surface area (Å²) >= 11 is 1.83. The fraction of sp³-hybridized carbons (Fsp3) is 0.462. The van der Waals surface area contributed by atoms with Gasteiger partial charge in [-0.1, -0.05) is 0 Å². The number of hydrogen-bond acceptors (Lipinski definition) is 4. The van der Waals surface area contributed by atoms with Gasteiger partial charge in [-0.15, -0.1) is 11.3 Å². The summed E-state index contributed by atoms with van der Waals surface area (Å²) in [5, 5.41) is 5.63. The second kappa shape index (κ2) is 5.22. The van der Waals surface area contributed by atoms with E-state index in [9.17, 15) is 0 Å². The highest BCUT2D eigenvalue weighted by Crippen LogP contribution is 2.21. The van der Waals surface area contributed by atoms with E-state index in [0.717, 1.165) is 26.2 Å². The van der Waals surface area contributed by atoms with Gasteiger partial charge in [0.1, 0.15) is 0 Å². The fourth-order valence-electron chi connectivity index (χ4n) is 2.32. The van der Waals surface area contributed by atoms with Crippen LogP contribution < -0.4 is 5.32 Å². The molecule has 1 N–H and O–H groups in total. The molecule has 3 heterocycles. The number of nitrogens with one attached hydrogen (secondary N) is 1. The molecule has 0 aliphatic carbocycles. The minimum atomic E-state index is 0.623. The summed E-state index contributed by atoms with van der Waals surface area (Å²) in [6.07, 6.45) is 5.65. The highest BCUT2D eigenvalue weighted by molar-refractivity contribution is 7.10. The zero-order chi connectivity index (χ0) is 12.4. The van der Waals surface area contributed by atoms with E-state index in [2.05, 4.69) is 38.1 Å². The lowest BCUT2D eigenvalue weighted by Gasteiger charge is -2.33. The lowest BCUT2D eigenvalue weighted by atomic mass is 10.2. The Bertz CT molecular complexity index is 491. The van der Waals surface area contributed by atoms with Crippen LogP contribution in [0.3, 0.4) is 0 Å². The summed E-state index contributed by atoms with van der Waals surface area (Å²) in [5.74, 6) is 0. The van der Waals surface area contributed by atoms with Gasteiger partial charge in [0, 0.05) is 54.9 Å². The van der Waals surface area contributed by atoms with Crippen LogP contribution in [-0.2, 0) is 6.54 Å². The first-order chi connectivity index (χ1) is 8.83. The van der Waals surface area contributed by atoms with Crippen molar-refractivity contribution in [2.45, 2.75) is 19.5 Å². The molecule has 2 aromatic heterocycles. The smallest absolute Gasteiger partial charge is 0.0991 e. The third-order valence-electron chi connectivity index (χ3n) is 3.44. The van der Waals surface area contributed by atoms with Gasteiger partial charge in [-0.3, -0.25) is 4.90 Å². The number of rotatable bonds is 3. The van der Waals surface area contributed by atoms with Gasteiger partial charge in [-0.2, -0.15) is 0 Å². The van der Waals surface area contributed by atoms with Crippen LogP contribution in [0.4, 0.5) is 0 Å². The first-order valence-electron chi connectivity index (χ1n) is 6.33. The fourth-order valence-corrected chi connectivity index (χ4v) is 3.21. The molecular formula is C13H18N4S. The third-order valence-corrected chi connectivity index (χ3v) is 4.35. The Morgan fingerprint density at radius 2 is 2.50 bits per heavy atom. The molecule has 0 spiro atoms. The molecule has 1 fully saturated rings. The van der Waals surface area contributed by atoms with Gasteiger partial charge in [-0.05, 0) is 13.0 Å². The van der Waals surface area contributed by atoms with Gasteiger partial charge in [0.15, 0.2) is 0 Å². The summed E-state index contributed by atoms with van der Waals surface area (Å²) in [7, 11) is 0. The van der Waals surface area contributed by atoms with Crippen molar-refractivity contribution in [3.63, 3.8) is 0 Å². The van der Waals surface area contributed by atoms with E-state index in [4.69, 9.17) is 0 Å². The quantitative estimate of drug-likeness (QED) is 0.914. The van der Waals surface area contributed by atoms with Gasteiger partial charge in [-0.25, -0.2) is 4.98 Å². The number of thiophene rings is 1. The molecule has 0 aromatic carbocycles. The first-order valence-corrected chi connectivity index (χ1v) is 7.21. The zero-order valence-electron chi connectivity index (χ0n) is 10.5. The molecule has 96 valence electrons. The molecule has 3 rings (SSSR count). The van der Waals surface area contributed by atoms with Crippen LogP contribution in [0.1, 0.15) is 11.8 Å². The van der Waals surface area contributed by atoms with Gasteiger partial charge >= 0.3 is 0 Å². The van der Waals surface area contributed by atoms with Gasteiger partial charge in [0.05, 0.1) is 12.0 Å². The SMILES string of the molecule is C[C@H]1CNCCN1Cc1cc(-n2ccnc2)cs1. The molecule has 0 radical (unpaired) electrons. The maximum Gasteiger partial charge on any atom is 0.0991 e. The second-order valence-corrected chi connectivity index (χ2v) is 5.76. The molecule has 2 aromatic rings. The Hall–Kier alpha value is -1.17. The van der Waals surface area contributed by atoms with E-state index in [1.54, 1.807) is 0 Å². The summed E-state index contributed by atoms with van der Waals surface area (Å²) in [5.41, 5.74) is 1.22. The number of hydrogen-bond donors (Lipinski definition) is 1. The lowest BCUT2D eigenvalue weighted by Crippen LogP contribution is -2.49. The second-order valence-electron chi connectivity index (χ2n) is 4.76. The summed E-state index contributed by atoms with van der Waals surface area (Å²) in [6.45, 7) is 6.68. The molecule has 0 saturated carbocycles. The molecule has 5 heteroatoms. The maximum absolute atomic E-state index is 4.08. The van der Waals surface area contributed by atoms with E-state index >= 15 is 0 Å². The van der Waals surface area contributed by atoms with Gasteiger partial charge in [0.2, 0.25) is 0 Å². The molecule has 0 unspecified atom stereocenters. The van der Waals surface area contributed by atoms with Crippen molar-refractivity contribution in [2.24, 2.45) is 0 Å². The van der Waals surface area contributed by atoms with Crippen molar-refractivity contribution in [3.05, 3.63) is 35.0 Å². The van der Waals surface area contributed by atoms with Crippen molar-refractivity contribution in [1.29, 1.82) is 0 Å². The number of piperazine rings is 1. The molecular weight excluding hydrogens is 244 g/mol. The predicted octanol–water partition coefficient (Wildman–Crippen LogP) is 1.73. The summed E-state index contributed by atoms with van der Waals surface area (Å²) in [6, 6.07) is 2.89. The molecule has 1 aliphatic heterocycles. The summed E-state index contributed by atoms with van der Waals surface area (Å²) in [4.78, 5) is 8.05. The van der Waals surface area contributed by atoms with E-state index in [1.165, 1.54) is 10.6 Å². The Kier molecular flexibility index (Phi) is 3.45. The molecule has 18 heavy (non-hydrogen) atoms. The number of imidazole rings is 1. The van der Waals surface area contributed by atoms with Crippen molar-refractivity contribution < 1.29 is 0 Å². The molecule has 0 bridgehead atoms. The van der Waals surface area contributed by atoms with Crippen LogP contribution in [-0.4, -0.2) is 40.1 Å². The minimum Gasteiger partial charge on any atom is -0.314 e. The lowest BCUT2D eigenvalue weighted by molar-refractivity contribution is 0.167. The normalized spacial score (nSPS) is 21.3. The molecule has 0 amide bonds. The van der Waals surface area contributed by atoms with Crippen molar-refractivity contribution >= 4 is 11.3 Å². The average molecular weight is 262 g/mol. The maximum atomic E-state index is 4.08. The third kappa shape index (κ3) is 2.48. The van der Waals surface area contributed by atoms with Crippen LogP contribution in [0.2, 0.25) is 0 Å². The molecule has 1 saturated heterocycles. The van der Waals surface area contributed by atoms with Crippen molar-refractivity contribution in [2.75, 3.05) is 19.6 Å². The van der Waals surface area contributed by atoms with E-state index in [1.807, 2.05) is 30.1 Å². The topological polar surface area (TPSA) is 33.1 Å². The van der Waals surface area contributed by atoms with Crippen LogP contribution in [0, 0.1) is 0 Å². The monoisotopic (exact) mass is 262 g/mol. The first kappa shape index (κ1) is 11.9. The largest absolute Gasteiger partial charge is 0.314 e. The Morgan fingerprint density at radius 1 is 1.56 bits per heavy atom. The van der Waals surface area contributed by atoms with Gasteiger partial charge < -0.3 is 9.88 Å². The van der Waals surface area contributed by atoms with Crippen LogP contribution in [0.5, 0.6) is 0 Å². The minimum absolute atomic E-state index is 0.623. The Morgan fingerprint density at radius 3 is 3.28 bits per heavy atom. The summed E-state index contributed by atoms with van der Waals surface area (Å²) < 4.78 is 2.06. The van der Waals surface area contributed by atoms with E-state index < -0.39 is 0 Å². The van der Waals surface area contributed by atoms with Crippen molar-refractivity contribution in [1.82, 2.24) is 19.8 Å². The Balaban J connectivity index is 1.70. The standard InChI is InChI=1S/C13H18N4S/c1-11-7-14-2-4-16(11)8-13-6-12(9-18-13)17-5-3-15-10-17/h3,5-6,9-11,14H,2,4,7-8H2,1H3/t11-/m0/s1. The predicted molar refractivity (Wildman–Crippen MR) is 74.2 cm³/mol. The van der Waals surface area contributed by atoms with E-state index in [-0.39, 0.29) is 0 Å². The Labute approximate surface area is 111 Å². The highest BCUT2D eigenvalue weighted by Gasteiger charge is 2.18. The van der Waals surface area contributed by atoms with Gasteiger partial charge in [0.25, 0.3) is 0 Å². The van der Waals surface area contributed by atoms with Crippen molar-refractivity contribution in [3.8, 4) is 5.69 Å². The number of aromatic nitrogens is 2. The molecule has 1 atom stereocenters.